The SMILES string of the molecule is Cc1c(NC(=O)[C@H](C)Sc2ncnc3scc(-c4ccccc4)c23)c(=O)n(-c2ccccc2)n1C. The molecule has 0 bridgehead atoms. The number of thioether (sulfide) groups is 1. The van der Waals surface area contributed by atoms with Crippen molar-refractivity contribution in [3.05, 3.63) is 88.4 Å². The zero-order valence-electron chi connectivity index (χ0n) is 19.4. The summed E-state index contributed by atoms with van der Waals surface area (Å²) >= 11 is 2.92. The second-order valence-electron chi connectivity index (χ2n) is 8.06. The monoisotopic (exact) mass is 501 g/mol. The summed E-state index contributed by atoms with van der Waals surface area (Å²) in [7, 11) is 1.80. The molecule has 0 saturated carbocycles. The van der Waals surface area contributed by atoms with E-state index in [1.54, 1.807) is 27.7 Å². The Bertz CT molecular complexity index is 1570. The van der Waals surface area contributed by atoms with Crippen LogP contribution < -0.4 is 10.9 Å². The molecule has 2 aromatic carbocycles. The fraction of sp³-hybridized carbons (Fsp3) is 0.154. The lowest BCUT2D eigenvalue weighted by Crippen LogP contribution is -2.27. The lowest BCUT2D eigenvalue weighted by Gasteiger charge is -2.12. The van der Waals surface area contributed by atoms with Crippen LogP contribution in [0.15, 0.2) is 82.2 Å². The van der Waals surface area contributed by atoms with Crippen LogP contribution in [0.5, 0.6) is 0 Å². The number of benzene rings is 2. The van der Waals surface area contributed by atoms with Crippen molar-refractivity contribution < 1.29 is 4.79 Å². The Morgan fingerprint density at radius 3 is 2.46 bits per heavy atom. The number of rotatable bonds is 6. The Morgan fingerprint density at radius 1 is 1.06 bits per heavy atom. The van der Waals surface area contributed by atoms with E-state index in [0.717, 1.165) is 32.1 Å². The van der Waals surface area contributed by atoms with E-state index in [0.29, 0.717) is 5.69 Å². The number of nitrogens with zero attached hydrogens (tertiary/aromatic N) is 4. The third-order valence-corrected chi connectivity index (χ3v) is 7.87. The molecule has 1 amide bonds. The highest BCUT2D eigenvalue weighted by molar-refractivity contribution is 8.00. The van der Waals surface area contributed by atoms with Crippen LogP contribution in [0.1, 0.15) is 12.6 Å². The summed E-state index contributed by atoms with van der Waals surface area (Å²) in [5.74, 6) is -0.260. The molecule has 0 aliphatic heterocycles. The Labute approximate surface area is 210 Å². The minimum absolute atomic E-state index is 0.260. The van der Waals surface area contributed by atoms with Gasteiger partial charge in [0.05, 0.1) is 22.0 Å². The van der Waals surface area contributed by atoms with E-state index in [1.807, 2.05) is 62.4 Å². The molecule has 0 unspecified atom stereocenters. The number of hydrogen-bond acceptors (Lipinski definition) is 6. The van der Waals surface area contributed by atoms with Gasteiger partial charge in [0.2, 0.25) is 5.91 Å². The number of carbonyl (C=O) groups is 1. The first-order valence-electron chi connectivity index (χ1n) is 11.0. The minimum Gasteiger partial charge on any atom is -0.319 e. The zero-order chi connectivity index (χ0) is 24.5. The Hall–Kier alpha value is -3.69. The van der Waals surface area contributed by atoms with Gasteiger partial charge in [0.25, 0.3) is 5.56 Å². The number of fused-ring (bicyclic) bond motifs is 1. The molecule has 0 fully saturated rings. The summed E-state index contributed by atoms with van der Waals surface area (Å²) in [6, 6.07) is 19.4. The first-order valence-corrected chi connectivity index (χ1v) is 12.8. The van der Waals surface area contributed by atoms with Crippen molar-refractivity contribution in [3.63, 3.8) is 0 Å². The molecule has 5 rings (SSSR count). The number of anilines is 1. The average molecular weight is 502 g/mol. The molecule has 5 aromatic rings. The molecule has 7 nitrogen and oxygen atoms in total. The van der Waals surface area contributed by atoms with E-state index in [-0.39, 0.29) is 17.2 Å². The number of carbonyl (C=O) groups excluding carboxylic acids is 1. The number of para-hydroxylation sites is 1. The van der Waals surface area contributed by atoms with Crippen molar-refractivity contribution in [3.8, 4) is 16.8 Å². The van der Waals surface area contributed by atoms with Gasteiger partial charge in [0.15, 0.2) is 0 Å². The van der Waals surface area contributed by atoms with Crippen molar-refractivity contribution in [2.24, 2.45) is 7.05 Å². The van der Waals surface area contributed by atoms with Crippen LogP contribution in [0, 0.1) is 6.92 Å². The summed E-state index contributed by atoms with van der Waals surface area (Å²) in [6.07, 6.45) is 1.53. The van der Waals surface area contributed by atoms with Crippen molar-refractivity contribution in [2.45, 2.75) is 24.1 Å². The number of hydrogen-bond donors (Lipinski definition) is 1. The van der Waals surface area contributed by atoms with Crippen molar-refractivity contribution in [1.82, 2.24) is 19.3 Å². The third kappa shape index (κ3) is 4.28. The molecular weight excluding hydrogens is 478 g/mol. The Kier molecular flexibility index (Phi) is 6.27. The molecule has 3 heterocycles. The molecule has 0 aliphatic rings. The largest absolute Gasteiger partial charge is 0.319 e. The fourth-order valence-corrected chi connectivity index (χ4v) is 5.84. The maximum Gasteiger partial charge on any atom is 0.295 e. The minimum atomic E-state index is -0.485. The molecule has 3 aromatic heterocycles. The third-order valence-electron chi connectivity index (χ3n) is 5.88. The average Bonchev–Trinajstić information content (AvgIpc) is 3.41. The zero-order valence-corrected chi connectivity index (χ0v) is 21.1. The Balaban J connectivity index is 1.43. The maximum absolute atomic E-state index is 13.2. The second-order valence-corrected chi connectivity index (χ2v) is 10.2. The molecule has 0 saturated heterocycles. The first kappa shape index (κ1) is 23.1. The lowest BCUT2D eigenvalue weighted by molar-refractivity contribution is -0.115. The highest BCUT2D eigenvalue weighted by Gasteiger charge is 2.23. The van der Waals surface area contributed by atoms with Crippen LogP contribution in [0.4, 0.5) is 5.69 Å². The lowest BCUT2D eigenvalue weighted by atomic mass is 10.1. The topological polar surface area (TPSA) is 81.8 Å². The van der Waals surface area contributed by atoms with Crippen LogP contribution in [0.2, 0.25) is 0 Å². The van der Waals surface area contributed by atoms with E-state index >= 15 is 0 Å². The summed E-state index contributed by atoms with van der Waals surface area (Å²) < 4.78 is 3.30. The Morgan fingerprint density at radius 2 is 1.74 bits per heavy atom. The van der Waals surface area contributed by atoms with Gasteiger partial charge < -0.3 is 5.32 Å². The van der Waals surface area contributed by atoms with Gasteiger partial charge in [0, 0.05) is 18.0 Å². The van der Waals surface area contributed by atoms with E-state index in [9.17, 15) is 9.59 Å². The molecule has 35 heavy (non-hydrogen) atoms. The molecule has 0 aliphatic carbocycles. The summed E-state index contributed by atoms with van der Waals surface area (Å²) in [4.78, 5) is 36.1. The highest BCUT2D eigenvalue weighted by Crippen LogP contribution is 2.39. The molecule has 9 heteroatoms. The van der Waals surface area contributed by atoms with Crippen molar-refractivity contribution in [2.75, 3.05) is 5.32 Å². The molecule has 0 spiro atoms. The van der Waals surface area contributed by atoms with Gasteiger partial charge in [-0.15, -0.1) is 11.3 Å². The van der Waals surface area contributed by atoms with Crippen LogP contribution in [-0.2, 0) is 11.8 Å². The smallest absolute Gasteiger partial charge is 0.295 e. The van der Waals surface area contributed by atoms with E-state index in [2.05, 4.69) is 32.8 Å². The molecule has 1 N–H and O–H groups in total. The van der Waals surface area contributed by atoms with Crippen LogP contribution in [0.25, 0.3) is 27.0 Å². The fourth-order valence-electron chi connectivity index (χ4n) is 3.93. The first-order chi connectivity index (χ1) is 17.0. The van der Waals surface area contributed by atoms with Gasteiger partial charge in [-0.3, -0.25) is 14.3 Å². The van der Waals surface area contributed by atoms with Crippen molar-refractivity contribution >= 4 is 44.9 Å². The standard InChI is InChI=1S/C26H23N5O2S2/c1-16-22(26(33)31(30(16)3)19-12-8-5-9-13-19)29-23(32)17(2)35-25-21-20(18-10-6-4-7-11-18)14-34-24(21)27-15-28-25/h4-15,17H,1-3H3,(H,29,32)/t17-/m0/s1. The summed E-state index contributed by atoms with van der Waals surface area (Å²) in [6.45, 7) is 3.64. The number of amides is 1. The van der Waals surface area contributed by atoms with Gasteiger partial charge in [0.1, 0.15) is 21.9 Å². The van der Waals surface area contributed by atoms with E-state index < -0.39 is 5.25 Å². The number of aromatic nitrogens is 4. The number of nitrogens with one attached hydrogen (secondary N) is 1. The molecule has 0 radical (unpaired) electrons. The highest BCUT2D eigenvalue weighted by atomic mass is 32.2. The summed E-state index contributed by atoms with van der Waals surface area (Å²) in [5, 5.41) is 6.13. The van der Waals surface area contributed by atoms with Gasteiger partial charge >= 0.3 is 0 Å². The van der Waals surface area contributed by atoms with Crippen molar-refractivity contribution in [1.29, 1.82) is 0 Å². The number of thiophene rings is 1. The van der Waals surface area contributed by atoms with Gasteiger partial charge in [-0.2, -0.15) is 0 Å². The van der Waals surface area contributed by atoms with Crippen LogP contribution >= 0.6 is 23.1 Å². The molecule has 176 valence electrons. The second kappa shape index (κ2) is 9.52. The van der Waals surface area contributed by atoms with E-state index in [4.69, 9.17) is 0 Å². The predicted octanol–water partition coefficient (Wildman–Crippen LogP) is 5.28. The quantitative estimate of drug-likeness (QED) is 0.253. The summed E-state index contributed by atoms with van der Waals surface area (Å²) in [5.41, 5.74) is 3.55. The maximum atomic E-state index is 13.2. The van der Waals surface area contributed by atoms with Crippen LogP contribution in [-0.4, -0.2) is 30.5 Å². The van der Waals surface area contributed by atoms with Gasteiger partial charge in [-0.25, -0.2) is 14.6 Å². The molecular formula is C26H23N5O2S2. The van der Waals surface area contributed by atoms with Crippen LogP contribution in [0.3, 0.4) is 0 Å². The van der Waals surface area contributed by atoms with Gasteiger partial charge in [-0.1, -0.05) is 60.3 Å². The van der Waals surface area contributed by atoms with Gasteiger partial charge in [-0.05, 0) is 31.5 Å². The van der Waals surface area contributed by atoms with E-state index in [1.165, 1.54) is 18.1 Å². The normalized spacial score (nSPS) is 12.1. The molecule has 1 atom stereocenters. The predicted molar refractivity (Wildman–Crippen MR) is 143 cm³/mol.